The number of hydrogen-bond donors (Lipinski definition) is 0. The molecule has 3 aliphatic carbocycles. The first kappa shape index (κ1) is 16.6. The summed E-state index contributed by atoms with van der Waals surface area (Å²) >= 11 is 0. The minimum absolute atomic E-state index is 0.101. The molecule has 0 aromatic heterocycles. The Hall–Kier alpha value is -2.32. The van der Waals surface area contributed by atoms with Gasteiger partial charge in [0.25, 0.3) is 5.69 Å². The van der Waals surface area contributed by atoms with Crippen molar-refractivity contribution in [3.05, 3.63) is 46.5 Å². The first-order valence-corrected chi connectivity index (χ1v) is 10.2. The Balaban J connectivity index is 1.45. The van der Waals surface area contributed by atoms with Gasteiger partial charge in [-0.2, -0.15) is 5.11 Å². The summed E-state index contributed by atoms with van der Waals surface area (Å²) in [7, 11) is 0. The zero-order valence-corrected chi connectivity index (χ0v) is 15.6. The van der Waals surface area contributed by atoms with E-state index in [4.69, 9.17) is 9.85 Å². The minimum Gasteiger partial charge on any atom is -0.379 e. The Morgan fingerprint density at radius 1 is 1.18 bits per heavy atom. The Labute approximate surface area is 163 Å². The largest absolute Gasteiger partial charge is 0.379 e. The van der Waals surface area contributed by atoms with Crippen molar-refractivity contribution in [3.8, 4) is 0 Å². The quantitative estimate of drug-likeness (QED) is 0.457. The van der Waals surface area contributed by atoms with Crippen LogP contribution in [0.3, 0.4) is 0 Å². The lowest BCUT2D eigenvalue weighted by atomic mass is 9.71. The fourth-order valence-corrected chi connectivity index (χ4v) is 6.65. The van der Waals surface area contributed by atoms with E-state index in [0.717, 1.165) is 38.4 Å². The molecule has 1 aromatic rings. The van der Waals surface area contributed by atoms with Gasteiger partial charge in [0.15, 0.2) is 0 Å². The van der Waals surface area contributed by atoms with Gasteiger partial charge in [0, 0.05) is 31.1 Å². The normalized spacial score (nSPS) is 40.9. The molecular weight excluding hydrogens is 358 g/mol. The van der Waals surface area contributed by atoms with Crippen LogP contribution >= 0.6 is 0 Å². The van der Waals surface area contributed by atoms with Crippen LogP contribution in [0.5, 0.6) is 0 Å². The number of ether oxygens (including phenoxy) is 1. The highest BCUT2D eigenvalue weighted by Crippen LogP contribution is 2.66. The van der Waals surface area contributed by atoms with Crippen LogP contribution in [-0.4, -0.2) is 47.8 Å². The van der Waals surface area contributed by atoms with Gasteiger partial charge in [-0.15, -0.1) is 0 Å². The Bertz CT molecular complexity index is 865. The first-order valence-electron chi connectivity index (χ1n) is 10.2. The van der Waals surface area contributed by atoms with Crippen LogP contribution in [0.25, 0.3) is 0 Å². The molecule has 28 heavy (non-hydrogen) atoms. The van der Waals surface area contributed by atoms with Gasteiger partial charge in [-0.1, -0.05) is 17.4 Å². The van der Waals surface area contributed by atoms with Gasteiger partial charge in [-0.05, 0) is 42.7 Å². The number of benzene rings is 1. The van der Waals surface area contributed by atoms with E-state index >= 15 is 0 Å². The molecule has 0 N–H and O–H groups in total. The molecule has 0 spiro atoms. The number of hydrogen-bond acceptors (Lipinski definition) is 7. The molecule has 2 bridgehead atoms. The Morgan fingerprint density at radius 2 is 1.96 bits per heavy atom. The van der Waals surface area contributed by atoms with Crippen molar-refractivity contribution in [2.24, 2.45) is 34.0 Å². The van der Waals surface area contributed by atoms with Crippen LogP contribution in [-0.2, 0) is 4.74 Å². The number of nitrogens with zero attached hydrogens (tertiary/aromatic N) is 5. The highest BCUT2D eigenvalue weighted by molar-refractivity contribution is 5.55. The summed E-state index contributed by atoms with van der Waals surface area (Å²) in [6.07, 6.45) is 7.11. The molecule has 146 valence electrons. The number of fused-ring (bicyclic) bond motifs is 8. The lowest BCUT2D eigenvalue weighted by Crippen LogP contribution is -2.69. The van der Waals surface area contributed by atoms with Crippen molar-refractivity contribution < 1.29 is 9.66 Å². The highest BCUT2D eigenvalue weighted by Gasteiger charge is 2.72. The van der Waals surface area contributed by atoms with Crippen molar-refractivity contribution in [2.45, 2.75) is 24.5 Å². The monoisotopic (exact) mass is 381 g/mol. The number of nitro benzene ring substituents is 1. The van der Waals surface area contributed by atoms with E-state index in [1.165, 1.54) is 6.42 Å². The van der Waals surface area contributed by atoms with Crippen LogP contribution in [0.2, 0.25) is 0 Å². The van der Waals surface area contributed by atoms with Crippen molar-refractivity contribution in [1.29, 1.82) is 0 Å². The number of morpholine rings is 1. The van der Waals surface area contributed by atoms with E-state index in [1.54, 1.807) is 12.1 Å². The fraction of sp³-hybridized carbons (Fsp3) is 0.600. The van der Waals surface area contributed by atoms with Crippen LogP contribution in [0.4, 0.5) is 11.4 Å². The summed E-state index contributed by atoms with van der Waals surface area (Å²) in [5.41, 5.74) is 0.707. The average molecular weight is 381 g/mol. The topological polar surface area (TPSA) is 83.6 Å². The molecule has 2 saturated carbocycles. The number of anilines is 1. The number of allylic oxidation sites excluding steroid dienone is 2. The van der Waals surface area contributed by atoms with E-state index < -0.39 is 0 Å². The molecule has 8 nitrogen and oxygen atoms in total. The third-order valence-electron chi connectivity index (χ3n) is 7.62. The molecule has 1 aromatic carbocycles. The van der Waals surface area contributed by atoms with Crippen LogP contribution in [0.1, 0.15) is 12.8 Å². The Morgan fingerprint density at radius 3 is 2.71 bits per heavy atom. The van der Waals surface area contributed by atoms with E-state index in [0.29, 0.717) is 23.7 Å². The minimum atomic E-state index is -0.360. The summed E-state index contributed by atoms with van der Waals surface area (Å²) in [5.74, 6) is 2.29. The van der Waals surface area contributed by atoms with Crippen LogP contribution in [0, 0.1) is 33.8 Å². The van der Waals surface area contributed by atoms with E-state index in [9.17, 15) is 10.1 Å². The maximum absolute atomic E-state index is 11.1. The summed E-state index contributed by atoms with van der Waals surface area (Å²) in [5, 5.41) is 22.6. The van der Waals surface area contributed by atoms with Crippen molar-refractivity contribution >= 4 is 11.4 Å². The lowest BCUT2D eigenvalue weighted by Gasteiger charge is -2.53. The Kier molecular flexibility index (Phi) is 3.47. The van der Waals surface area contributed by atoms with Crippen LogP contribution < -0.4 is 5.01 Å². The number of non-ortho nitro benzene ring substituents is 1. The fourth-order valence-electron chi connectivity index (χ4n) is 6.65. The highest BCUT2D eigenvalue weighted by atomic mass is 16.6. The van der Waals surface area contributed by atoms with Crippen molar-refractivity contribution in [1.82, 2.24) is 4.90 Å². The van der Waals surface area contributed by atoms with E-state index in [1.807, 2.05) is 12.1 Å². The zero-order valence-electron chi connectivity index (χ0n) is 15.6. The lowest BCUT2D eigenvalue weighted by molar-refractivity contribution is -0.384. The van der Waals surface area contributed by atoms with E-state index in [2.05, 4.69) is 27.3 Å². The number of nitro groups is 1. The second-order valence-electron chi connectivity index (χ2n) is 8.53. The summed E-state index contributed by atoms with van der Waals surface area (Å²) < 4.78 is 5.64. The molecule has 6 rings (SSSR count). The molecule has 6 atom stereocenters. The van der Waals surface area contributed by atoms with Crippen molar-refractivity contribution in [2.75, 3.05) is 31.3 Å². The molecular formula is C20H23N5O3. The van der Waals surface area contributed by atoms with Gasteiger partial charge in [0.05, 0.1) is 23.8 Å². The zero-order chi connectivity index (χ0) is 18.9. The van der Waals surface area contributed by atoms with Gasteiger partial charge < -0.3 is 4.74 Å². The molecule has 2 heterocycles. The van der Waals surface area contributed by atoms with Crippen molar-refractivity contribution in [3.63, 3.8) is 0 Å². The average Bonchev–Trinajstić information content (AvgIpc) is 3.46. The van der Waals surface area contributed by atoms with Gasteiger partial charge in [0.1, 0.15) is 11.7 Å². The molecule has 0 amide bonds. The molecule has 2 aliphatic heterocycles. The standard InChI is InChI=1S/C20H23N5O3/c26-25(27)14-6-4-13(5-7-14)24-20(23-8-10-28-11-9-23)18-12-17(19(20)21-22-24)15-2-1-3-16(15)18/h1,3-7,15-19H,2,8-12H2/t15-,16-,17+,18+,19-,20+/m0/s1. The summed E-state index contributed by atoms with van der Waals surface area (Å²) in [6.45, 7) is 3.19. The second-order valence-corrected chi connectivity index (χ2v) is 8.53. The molecule has 1 saturated heterocycles. The molecule has 3 fully saturated rings. The molecule has 5 aliphatic rings. The van der Waals surface area contributed by atoms with Gasteiger partial charge in [-0.3, -0.25) is 15.0 Å². The number of rotatable bonds is 3. The molecule has 0 unspecified atom stereocenters. The third kappa shape index (κ3) is 1.97. The van der Waals surface area contributed by atoms with Gasteiger partial charge in [-0.25, -0.2) is 5.01 Å². The van der Waals surface area contributed by atoms with Gasteiger partial charge >= 0.3 is 0 Å². The first-order chi connectivity index (χ1) is 13.7. The predicted molar refractivity (Wildman–Crippen MR) is 102 cm³/mol. The third-order valence-corrected chi connectivity index (χ3v) is 7.62. The molecule has 8 heteroatoms. The van der Waals surface area contributed by atoms with Crippen LogP contribution in [0.15, 0.2) is 46.8 Å². The maximum Gasteiger partial charge on any atom is 0.269 e. The maximum atomic E-state index is 11.1. The van der Waals surface area contributed by atoms with E-state index in [-0.39, 0.29) is 22.3 Å². The molecule has 0 radical (unpaired) electrons. The second kappa shape index (κ2) is 5.84. The SMILES string of the molecule is O=[N+]([O-])c1ccc(N2N=N[C@H]3[C@@H]4C[C@H]([C@H]5C=CC[C@@H]54)[C@]32N2CCOCC2)cc1. The smallest absolute Gasteiger partial charge is 0.269 e. The predicted octanol–water partition coefficient (Wildman–Crippen LogP) is 3.02. The summed E-state index contributed by atoms with van der Waals surface area (Å²) in [4.78, 5) is 13.3. The van der Waals surface area contributed by atoms with Gasteiger partial charge in [0.2, 0.25) is 0 Å². The summed E-state index contributed by atoms with van der Waals surface area (Å²) in [6, 6.07) is 6.92.